The van der Waals surface area contributed by atoms with Crippen molar-refractivity contribution in [1.82, 2.24) is 0 Å². The number of hydrogen-bond donors (Lipinski definition) is 0. The SMILES string of the molecule is CC(=O)O[C@]1(C(C)=O)CC[C@@H]2[C@@H]3CCC4=CC(=O)CCC4=C3[C@H](c3ccc(N(C)C)cc3)C[C@]21C. The van der Waals surface area contributed by atoms with Crippen LogP contribution in [-0.4, -0.2) is 37.2 Å². The number of nitrogens with zero attached hydrogens (tertiary/aromatic N) is 1. The number of esters is 1. The molecule has 0 heterocycles. The maximum Gasteiger partial charge on any atom is 0.303 e. The minimum absolute atomic E-state index is 0.0323. The molecule has 0 bridgehead atoms. The summed E-state index contributed by atoms with van der Waals surface area (Å²) in [5.74, 6) is 0.584. The van der Waals surface area contributed by atoms with Gasteiger partial charge in [0.05, 0.1) is 0 Å². The molecule has 0 aromatic heterocycles. The fraction of sp³-hybridized carbons (Fsp3) is 0.567. The van der Waals surface area contributed by atoms with E-state index in [-0.39, 0.29) is 29.4 Å². The third kappa shape index (κ3) is 3.61. The smallest absolute Gasteiger partial charge is 0.303 e. The molecule has 1 aromatic rings. The topological polar surface area (TPSA) is 63.7 Å². The number of carbonyl (C=O) groups excluding carboxylic acids is 3. The molecule has 2 saturated carbocycles. The number of anilines is 1. The van der Waals surface area contributed by atoms with Crippen molar-refractivity contribution in [3.8, 4) is 0 Å². The average molecular weight is 476 g/mol. The first-order valence-corrected chi connectivity index (χ1v) is 13.0. The van der Waals surface area contributed by atoms with Crippen molar-refractivity contribution in [1.29, 1.82) is 0 Å². The van der Waals surface area contributed by atoms with Gasteiger partial charge in [0.15, 0.2) is 17.2 Å². The fourth-order valence-corrected chi connectivity index (χ4v) is 8.02. The summed E-state index contributed by atoms with van der Waals surface area (Å²) < 4.78 is 6.00. The molecule has 5 heteroatoms. The van der Waals surface area contributed by atoms with Gasteiger partial charge in [-0.1, -0.05) is 24.6 Å². The molecule has 4 aliphatic carbocycles. The van der Waals surface area contributed by atoms with E-state index in [4.69, 9.17) is 4.74 Å². The molecule has 4 aliphatic rings. The lowest BCUT2D eigenvalue weighted by molar-refractivity contribution is -0.182. The van der Waals surface area contributed by atoms with Gasteiger partial charge in [-0.05, 0) is 92.2 Å². The summed E-state index contributed by atoms with van der Waals surface area (Å²) in [5, 5.41) is 0. The summed E-state index contributed by atoms with van der Waals surface area (Å²) in [7, 11) is 4.08. The molecule has 5 atom stereocenters. The molecule has 0 saturated heterocycles. The van der Waals surface area contributed by atoms with E-state index in [1.54, 1.807) is 6.92 Å². The zero-order chi connectivity index (χ0) is 25.1. The molecule has 5 nitrogen and oxygen atoms in total. The molecule has 0 radical (unpaired) electrons. The van der Waals surface area contributed by atoms with Crippen LogP contribution < -0.4 is 4.90 Å². The Bertz CT molecular complexity index is 1140. The zero-order valence-electron chi connectivity index (χ0n) is 21.6. The van der Waals surface area contributed by atoms with Gasteiger partial charge in [0.2, 0.25) is 0 Å². The van der Waals surface area contributed by atoms with Gasteiger partial charge in [-0.15, -0.1) is 0 Å². The van der Waals surface area contributed by atoms with Crippen molar-refractivity contribution in [3.63, 3.8) is 0 Å². The van der Waals surface area contributed by atoms with Crippen molar-refractivity contribution >= 4 is 23.2 Å². The molecule has 0 N–H and O–H groups in total. The van der Waals surface area contributed by atoms with Crippen molar-refractivity contribution in [2.75, 3.05) is 19.0 Å². The minimum atomic E-state index is -1.07. The summed E-state index contributed by atoms with van der Waals surface area (Å²) in [4.78, 5) is 39.8. The van der Waals surface area contributed by atoms with E-state index in [0.29, 0.717) is 18.8 Å². The van der Waals surface area contributed by atoms with E-state index in [1.165, 1.54) is 29.2 Å². The van der Waals surface area contributed by atoms with Crippen LogP contribution in [0.15, 0.2) is 47.1 Å². The van der Waals surface area contributed by atoms with Crippen molar-refractivity contribution in [2.45, 2.75) is 77.2 Å². The first-order valence-electron chi connectivity index (χ1n) is 13.0. The van der Waals surface area contributed by atoms with E-state index in [2.05, 4.69) is 36.1 Å². The summed E-state index contributed by atoms with van der Waals surface area (Å²) in [5.41, 5.74) is 4.98. The maximum absolute atomic E-state index is 13.2. The van der Waals surface area contributed by atoms with Crippen LogP contribution in [0, 0.1) is 17.3 Å². The Hall–Kier alpha value is -2.69. The summed E-state index contributed by atoms with van der Waals surface area (Å²) >= 11 is 0. The molecule has 0 spiro atoms. The number of carbonyl (C=O) groups is 3. The quantitative estimate of drug-likeness (QED) is 0.535. The Morgan fingerprint density at radius 2 is 1.74 bits per heavy atom. The maximum atomic E-state index is 13.2. The molecule has 5 rings (SSSR count). The zero-order valence-corrected chi connectivity index (χ0v) is 21.6. The summed E-state index contributed by atoms with van der Waals surface area (Å²) in [6.07, 6.45) is 7.41. The number of hydrogen-bond acceptors (Lipinski definition) is 5. The van der Waals surface area contributed by atoms with Crippen molar-refractivity contribution < 1.29 is 19.1 Å². The molecule has 0 amide bonds. The second-order valence-corrected chi connectivity index (χ2v) is 11.5. The minimum Gasteiger partial charge on any atom is -0.451 e. The van der Waals surface area contributed by atoms with Crippen LogP contribution >= 0.6 is 0 Å². The van der Waals surface area contributed by atoms with Crippen molar-refractivity contribution in [3.05, 3.63) is 52.6 Å². The normalized spacial score (nSPS) is 33.9. The van der Waals surface area contributed by atoms with Crippen LogP contribution in [0.2, 0.25) is 0 Å². The molecule has 35 heavy (non-hydrogen) atoms. The average Bonchev–Trinajstić information content (AvgIpc) is 3.10. The highest BCUT2D eigenvalue weighted by molar-refractivity contribution is 5.93. The highest BCUT2D eigenvalue weighted by Gasteiger charge is 2.67. The van der Waals surface area contributed by atoms with Gasteiger partial charge in [0, 0.05) is 44.5 Å². The van der Waals surface area contributed by atoms with E-state index >= 15 is 0 Å². The number of allylic oxidation sites excluding steroid dienone is 4. The predicted octanol–water partition coefficient (Wildman–Crippen LogP) is 5.54. The molecule has 2 fully saturated rings. The fourth-order valence-electron chi connectivity index (χ4n) is 8.02. The highest BCUT2D eigenvalue weighted by Crippen LogP contribution is 2.67. The van der Waals surface area contributed by atoms with Gasteiger partial charge in [0.1, 0.15) is 0 Å². The van der Waals surface area contributed by atoms with Gasteiger partial charge >= 0.3 is 5.97 Å². The lowest BCUT2D eigenvalue weighted by Gasteiger charge is -2.55. The first-order chi connectivity index (χ1) is 16.6. The molecular weight excluding hydrogens is 438 g/mol. The Kier molecular flexibility index (Phi) is 5.81. The molecular formula is C30H37NO4. The third-order valence-corrected chi connectivity index (χ3v) is 9.55. The number of rotatable bonds is 4. The summed E-state index contributed by atoms with van der Waals surface area (Å²) in [6.45, 7) is 5.22. The van der Waals surface area contributed by atoms with E-state index in [1.807, 2.05) is 20.2 Å². The highest BCUT2D eigenvalue weighted by atomic mass is 16.6. The number of ketones is 2. The Morgan fingerprint density at radius 3 is 2.37 bits per heavy atom. The first kappa shape index (κ1) is 24.0. The number of ether oxygens (including phenoxy) is 1. The largest absolute Gasteiger partial charge is 0.451 e. The monoisotopic (exact) mass is 475 g/mol. The van der Waals surface area contributed by atoms with Crippen LogP contribution in [0.1, 0.15) is 77.2 Å². The van der Waals surface area contributed by atoms with Crippen LogP contribution in [0.3, 0.4) is 0 Å². The third-order valence-electron chi connectivity index (χ3n) is 9.55. The van der Waals surface area contributed by atoms with Crippen LogP contribution in [0.25, 0.3) is 0 Å². The number of Topliss-reactive ketones (excluding diaryl/α,β-unsaturated/α-hetero) is 1. The number of benzene rings is 1. The second-order valence-electron chi connectivity index (χ2n) is 11.5. The summed E-state index contributed by atoms with van der Waals surface area (Å²) in [6, 6.07) is 8.76. The van der Waals surface area contributed by atoms with Crippen LogP contribution in [0.5, 0.6) is 0 Å². The molecule has 1 aromatic carbocycles. The van der Waals surface area contributed by atoms with E-state index in [9.17, 15) is 14.4 Å². The predicted molar refractivity (Wildman–Crippen MR) is 136 cm³/mol. The van der Waals surface area contributed by atoms with Crippen molar-refractivity contribution in [2.24, 2.45) is 17.3 Å². The van der Waals surface area contributed by atoms with Crippen LogP contribution in [0.4, 0.5) is 5.69 Å². The Labute approximate surface area is 208 Å². The van der Waals surface area contributed by atoms with Gasteiger partial charge in [0.25, 0.3) is 0 Å². The lowest BCUT2D eigenvalue weighted by Crippen LogP contribution is -2.57. The molecule has 0 aliphatic heterocycles. The number of fused-ring (bicyclic) bond motifs is 4. The van der Waals surface area contributed by atoms with E-state index < -0.39 is 11.0 Å². The molecule has 0 unspecified atom stereocenters. The molecule has 186 valence electrons. The van der Waals surface area contributed by atoms with Crippen LogP contribution in [-0.2, 0) is 19.1 Å². The van der Waals surface area contributed by atoms with Gasteiger partial charge in [-0.2, -0.15) is 0 Å². The second kappa shape index (κ2) is 8.46. The lowest BCUT2D eigenvalue weighted by atomic mass is 9.50. The standard InChI is InChI=1S/C30H37NO4/c1-18(32)30(35-19(2)33)15-14-27-25-12-8-21-16-23(34)11-13-24(21)28(25)26(17-29(27,30)3)20-6-9-22(10-7-20)31(4)5/h6-7,9-10,16,25-27H,8,11-15,17H2,1-5H3/t25-,26-,27+,29+,30-/m0/s1. The van der Waals surface area contributed by atoms with Gasteiger partial charge in [-0.25, -0.2) is 0 Å². The Morgan fingerprint density at radius 1 is 1.03 bits per heavy atom. The Balaban J connectivity index is 1.68. The van der Waals surface area contributed by atoms with E-state index in [0.717, 1.165) is 37.8 Å². The van der Waals surface area contributed by atoms with Gasteiger partial charge < -0.3 is 9.64 Å². The van der Waals surface area contributed by atoms with Gasteiger partial charge in [-0.3, -0.25) is 14.4 Å².